The lowest BCUT2D eigenvalue weighted by Gasteiger charge is -2.37. The molecule has 6 heteroatoms. The molecule has 2 aliphatic heterocycles. The second-order valence-electron chi connectivity index (χ2n) is 8.03. The van der Waals surface area contributed by atoms with Crippen molar-refractivity contribution in [2.45, 2.75) is 32.6 Å². The van der Waals surface area contributed by atoms with Crippen molar-refractivity contribution in [2.75, 3.05) is 53.6 Å². The zero-order valence-corrected chi connectivity index (χ0v) is 17.1. The van der Waals surface area contributed by atoms with Gasteiger partial charge in [-0.3, -0.25) is 9.80 Å². The van der Waals surface area contributed by atoms with Crippen molar-refractivity contribution in [2.24, 2.45) is 11.8 Å². The summed E-state index contributed by atoms with van der Waals surface area (Å²) < 4.78 is 16.9. The van der Waals surface area contributed by atoms with Gasteiger partial charge in [-0.25, -0.2) is 0 Å². The second-order valence-corrected chi connectivity index (χ2v) is 8.03. The summed E-state index contributed by atoms with van der Waals surface area (Å²) in [6, 6.07) is 6.02. The fourth-order valence-electron chi connectivity index (χ4n) is 4.66. The Morgan fingerprint density at radius 3 is 2.33 bits per heavy atom. The van der Waals surface area contributed by atoms with Crippen LogP contribution in [0.5, 0.6) is 11.5 Å². The number of methoxy groups -OCH3 is 2. The van der Waals surface area contributed by atoms with E-state index < -0.39 is 0 Å². The van der Waals surface area contributed by atoms with Crippen LogP contribution in [0.4, 0.5) is 0 Å². The molecule has 0 aromatic heterocycles. The van der Waals surface area contributed by atoms with E-state index in [9.17, 15) is 5.11 Å². The van der Waals surface area contributed by atoms with E-state index in [1.807, 2.05) is 12.1 Å². The maximum Gasteiger partial charge on any atom is 0.165 e. The highest BCUT2D eigenvalue weighted by Crippen LogP contribution is 2.33. The van der Waals surface area contributed by atoms with Gasteiger partial charge in [0.05, 0.1) is 26.4 Å². The zero-order valence-electron chi connectivity index (χ0n) is 17.1. The average molecular weight is 379 g/mol. The summed E-state index contributed by atoms with van der Waals surface area (Å²) in [5.41, 5.74) is 1.13. The SMILES string of the molecule is COc1cccc(CN2C[C@H](CO)[C@H](CN3C[C@@H](C)O[C@@H](C)C3)C2)c1OC. The van der Waals surface area contributed by atoms with Crippen LogP contribution in [0.25, 0.3) is 0 Å². The van der Waals surface area contributed by atoms with Crippen LogP contribution in [0.15, 0.2) is 18.2 Å². The minimum atomic E-state index is 0.242. The van der Waals surface area contributed by atoms with Gasteiger partial charge in [-0.2, -0.15) is 0 Å². The molecule has 6 nitrogen and oxygen atoms in total. The van der Waals surface area contributed by atoms with Crippen molar-refractivity contribution in [3.63, 3.8) is 0 Å². The summed E-state index contributed by atoms with van der Waals surface area (Å²) in [6.07, 6.45) is 0.555. The number of aliphatic hydroxyl groups excluding tert-OH is 1. The maximum absolute atomic E-state index is 9.92. The molecule has 0 radical (unpaired) electrons. The molecule has 0 amide bonds. The predicted molar refractivity (Wildman–Crippen MR) is 105 cm³/mol. The molecule has 1 aromatic carbocycles. The first kappa shape index (κ1) is 20.4. The summed E-state index contributed by atoms with van der Waals surface area (Å²) in [4.78, 5) is 4.93. The predicted octanol–water partition coefficient (Wildman–Crippen LogP) is 1.85. The van der Waals surface area contributed by atoms with Gasteiger partial charge < -0.3 is 19.3 Å². The quantitative estimate of drug-likeness (QED) is 0.782. The van der Waals surface area contributed by atoms with E-state index in [4.69, 9.17) is 14.2 Å². The van der Waals surface area contributed by atoms with Crippen LogP contribution >= 0.6 is 0 Å². The molecular formula is C21H34N2O4. The molecule has 4 atom stereocenters. The minimum Gasteiger partial charge on any atom is -0.493 e. The molecular weight excluding hydrogens is 344 g/mol. The highest BCUT2D eigenvalue weighted by molar-refractivity contribution is 5.46. The summed E-state index contributed by atoms with van der Waals surface area (Å²) >= 11 is 0. The van der Waals surface area contributed by atoms with Gasteiger partial charge in [0, 0.05) is 51.4 Å². The molecule has 3 rings (SSSR count). The van der Waals surface area contributed by atoms with Crippen molar-refractivity contribution >= 4 is 0 Å². The van der Waals surface area contributed by atoms with Gasteiger partial charge >= 0.3 is 0 Å². The van der Waals surface area contributed by atoms with Gasteiger partial charge in [0.2, 0.25) is 0 Å². The van der Waals surface area contributed by atoms with Crippen molar-refractivity contribution < 1.29 is 19.3 Å². The largest absolute Gasteiger partial charge is 0.493 e. The topological polar surface area (TPSA) is 54.4 Å². The van der Waals surface area contributed by atoms with Crippen molar-refractivity contribution in [3.8, 4) is 11.5 Å². The lowest BCUT2D eigenvalue weighted by atomic mass is 9.96. The van der Waals surface area contributed by atoms with E-state index in [1.165, 1.54) is 0 Å². The van der Waals surface area contributed by atoms with Crippen molar-refractivity contribution in [1.29, 1.82) is 0 Å². The van der Waals surface area contributed by atoms with Crippen molar-refractivity contribution in [3.05, 3.63) is 23.8 Å². The van der Waals surface area contributed by atoms with Gasteiger partial charge in [-0.1, -0.05) is 12.1 Å². The molecule has 1 aromatic rings. The van der Waals surface area contributed by atoms with Crippen LogP contribution in [0.2, 0.25) is 0 Å². The summed E-state index contributed by atoms with van der Waals surface area (Å²) in [5.74, 6) is 2.36. The van der Waals surface area contributed by atoms with Gasteiger partial charge in [0.15, 0.2) is 11.5 Å². The third-order valence-corrected chi connectivity index (χ3v) is 5.75. The third kappa shape index (κ3) is 4.93. The van der Waals surface area contributed by atoms with Gasteiger partial charge in [0.25, 0.3) is 0 Å². The number of rotatable bonds is 7. The monoisotopic (exact) mass is 378 g/mol. The highest BCUT2D eigenvalue weighted by atomic mass is 16.5. The van der Waals surface area contributed by atoms with E-state index in [0.717, 1.165) is 56.3 Å². The Bertz CT molecular complexity index is 602. The normalized spacial score (nSPS) is 29.8. The fourth-order valence-corrected chi connectivity index (χ4v) is 4.66. The Balaban J connectivity index is 1.64. The number of benzene rings is 1. The van der Waals surface area contributed by atoms with Crippen LogP contribution in [0.1, 0.15) is 19.4 Å². The second kappa shape index (κ2) is 9.24. The van der Waals surface area contributed by atoms with Crippen LogP contribution in [-0.4, -0.2) is 80.7 Å². The molecule has 0 unspecified atom stereocenters. The molecule has 1 N–H and O–H groups in total. The Hall–Kier alpha value is -1.34. The number of para-hydroxylation sites is 1. The lowest BCUT2D eigenvalue weighted by molar-refractivity contribution is -0.0727. The first-order chi connectivity index (χ1) is 13.0. The van der Waals surface area contributed by atoms with E-state index in [-0.39, 0.29) is 18.8 Å². The van der Waals surface area contributed by atoms with Crippen molar-refractivity contribution in [1.82, 2.24) is 9.80 Å². The number of hydrogen-bond donors (Lipinski definition) is 1. The zero-order chi connectivity index (χ0) is 19.4. The Morgan fingerprint density at radius 2 is 1.70 bits per heavy atom. The van der Waals surface area contributed by atoms with Crippen LogP contribution in [0, 0.1) is 11.8 Å². The smallest absolute Gasteiger partial charge is 0.165 e. The number of ether oxygens (including phenoxy) is 3. The summed E-state index contributed by atoms with van der Waals surface area (Å²) in [6.45, 7) is 10.2. The number of likely N-dealkylation sites (tertiary alicyclic amines) is 1. The minimum absolute atomic E-state index is 0.242. The van der Waals surface area contributed by atoms with Crippen LogP contribution < -0.4 is 9.47 Å². The molecule has 2 heterocycles. The number of nitrogens with zero attached hydrogens (tertiary/aromatic N) is 2. The first-order valence-electron chi connectivity index (χ1n) is 9.94. The van der Waals surface area contributed by atoms with Gasteiger partial charge in [0.1, 0.15) is 0 Å². The molecule has 2 saturated heterocycles. The molecule has 2 fully saturated rings. The molecule has 152 valence electrons. The van der Waals surface area contributed by atoms with Gasteiger partial charge in [-0.05, 0) is 31.7 Å². The Labute approximate surface area is 163 Å². The van der Waals surface area contributed by atoms with E-state index in [2.05, 4.69) is 29.7 Å². The molecule has 0 bridgehead atoms. The highest BCUT2D eigenvalue weighted by Gasteiger charge is 2.35. The number of morpholine rings is 1. The average Bonchev–Trinajstić information content (AvgIpc) is 3.01. The Morgan fingerprint density at radius 1 is 1.00 bits per heavy atom. The Kier molecular flexibility index (Phi) is 6.98. The molecule has 2 aliphatic rings. The summed E-state index contributed by atoms with van der Waals surface area (Å²) in [5, 5.41) is 9.92. The molecule has 0 saturated carbocycles. The van der Waals surface area contributed by atoms with E-state index in [1.54, 1.807) is 14.2 Å². The molecule has 27 heavy (non-hydrogen) atoms. The molecule has 0 aliphatic carbocycles. The fraction of sp³-hybridized carbons (Fsp3) is 0.714. The first-order valence-corrected chi connectivity index (χ1v) is 9.94. The number of hydrogen-bond acceptors (Lipinski definition) is 6. The lowest BCUT2D eigenvalue weighted by Crippen LogP contribution is -2.48. The van der Waals surface area contributed by atoms with Crippen LogP contribution in [0.3, 0.4) is 0 Å². The number of aliphatic hydroxyl groups is 1. The third-order valence-electron chi connectivity index (χ3n) is 5.75. The molecule has 0 spiro atoms. The summed E-state index contributed by atoms with van der Waals surface area (Å²) in [7, 11) is 3.35. The maximum atomic E-state index is 9.92. The van der Waals surface area contributed by atoms with E-state index >= 15 is 0 Å². The standard InChI is InChI=1S/C21H34N2O4/c1-15-8-22(9-16(2)27-15)11-18-12-23(13-19(18)14-24)10-17-6-5-7-20(25-3)21(17)26-4/h5-7,15-16,18-19,24H,8-14H2,1-4H3/t15-,16+,18-,19-/m1/s1. The van der Waals surface area contributed by atoms with Crippen LogP contribution in [-0.2, 0) is 11.3 Å². The van der Waals surface area contributed by atoms with Gasteiger partial charge in [-0.15, -0.1) is 0 Å². The van der Waals surface area contributed by atoms with E-state index in [0.29, 0.717) is 11.8 Å².